The van der Waals surface area contributed by atoms with Gasteiger partial charge < -0.3 is 5.32 Å². The van der Waals surface area contributed by atoms with Crippen LogP contribution in [0.3, 0.4) is 0 Å². The van der Waals surface area contributed by atoms with Gasteiger partial charge in [-0.05, 0) is 32.4 Å². The van der Waals surface area contributed by atoms with Gasteiger partial charge in [-0.2, -0.15) is 0 Å². The number of carbonyl (C=O) groups excluding carboxylic acids is 1. The Morgan fingerprint density at radius 3 is 1.94 bits per heavy atom. The first-order valence-electron chi connectivity index (χ1n) is 6.47. The molecule has 2 heteroatoms. The molecule has 0 bridgehead atoms. The molecule has 0 saturated heterocycles. The number of hydrogen-bond donors (Lipinski definition) is 1. The van der Waals surface area contributed by atoms with Crippen molar-refractivity contribution >= 4 is 5.91 Å². The van der Waals surface area contributed by atoms with Crippen LogP contribution < -0.4 is 5.32 Å². The quantitative estimate of drug-likeness (QED) is 0.821. The van der Waals surface area contributed by atoms with E-state index in [0.717, 1.165) is 11.1 Å². The Bertz CT molecular complexity index is 306. The number of aryl methyl sites for hydroxylation is 1. The van der Waals surface area contributed by atoms with E-state index >= 15 is 0 Å². The number of rotatable bonds is 2. The largest absolute Gasteiger partial charge is 0.350 e. The molecule has 0 aliphatic carbocycles. The molecule has 1 amide bonds. The molecule has 1 aromatic carbocycles. The molecule has 0 spiro atoms. The van der Waals surface area contributed by atoms with E-state index in [-0.39, 0.29) is 11.9 Å². The molecule has 0 saturated carbocycles. The van der Waals surface area contributed by atoms with Gasteiger partial charge in [-0.25, -0.2) is 0 Å². The minimum Gasteiger partial charge on any atom is -0.350 e. The average Bonchev–Trinajstić information content (AvgIpc) is 2.34. The third-order valence-corrected chi connectivity index (χ3v) is 1.81. The van der Waals surface area contributed by atoms with Gasteiger partial charge in [0, 0.05) is 11.6 Å². The second-order valence-electron chi connectivity index (χ2n) is 3.44. The first kappa shape index (κ1) is 18.1. The van der Waals surface area contributed by atoms with Crippen LogP contribution in [0.2, 0.25) is 0 Å². The van der Waals surface area contributed by atoms with Crippen LogP contribution in [0.4, 0.5) is 0 Å². The standard InChI is InChI=1S/C11H15NO.2C2H6/c1-8(2)12-11(13)10-7-5-4-6-9(10)3;2*1-2/h4-8H,1-3H3,(H,12,13);2*1-2H3. The van der Waals surface area contributed by atoms with Crippen LogP contribution in [-0.2, 0) is 0 Å². The zero-order valence-electron chi connectivity index (χ0n) is 12.3. The van der Waals surface area contributed by atoms with Crippen LogP contribution in [0.1, 0.15) is 57.5 Å². The minimum absolute atomic E-state index is 0.00750. The van der Waals surface area contributed by atoms with Gasteiger partial charge in [0.25, 0.3) is 5.91 Å². The molecule has 0 heterocycles. The predicted octanol–water partition coefficient (Wildman–Crippen LogP) is 4.19. The summed E-state index contributed by atoms with van der Waals surface area (Å²) in [6.45, 7) is 13.8. The molecule has 0 aromatic heterocycles. The molecule has 0 atom stereocenters. The normalized spacial score (nSPS) is 8.47. The summed E-state index contributed by atoms with van der Waals surface area (Å²) in [5, 5.41) is 2.86. The monoisotopic (exact) mass is 237 g/mol. The van der Waals surface area contributed by atoms with Gasteiger partial charge in [-0.3, -0.25) is 4.79 Å². The van der Waals surface area contributed by atoms with E-state index in [1.807, 2.05) is 72.7 Å². The Hall–Kier alpha value is -1.31. The lowest BCUT2D eigenvalue weighted by Gasteiger charge is -2.09. The topological polar surface area (TPSA) is 29.1 Å². The van der Waals surface area contributed by atoms with Crippen molar-refractivity contribution in [3.8, 4) is 0 Å². The third kappa shape index (κ3) is 7.56. The lowest BCUT2D eigenvalue weighted by Crippen LogP contribution is -2.30. The molecule has 1 N–H and O–H groups in total. The summed E-state index contributed by atoms with van der Waals surface area (Å²) >= 11 is 0. The molecule has 1 rings (SSSR count). The Kier molecular flexibility index (Phi) is 11.9. The number of nitrogens with one attached hydrogen (secondary N) is 1. The van der Waals surface area contributed by atoms with E-state index < -0.39 is 0 Å². The first-order valence-corrected chi connectivity index (χ1v) is 6.47. The van der Waals surface area contributed by atoms with E-state index in [2.05, 4.69) is 5.32 Å². The van der Waals surface area contributed by atoms with Crippen molar-refractivity contribution in [1.82, 2.24) is 5.32 Å². The molecule has 0 fully saturated rings. The Labute approximate surface area is 106 Å². The number of amides is 1. The molecule has 0 radical (unpaired) electrons. The molecule has 98 valence electrons. The third-order valence-electron chi connectivity index (χ3n) is 1.81. The van der Waals surface area contributed by atoms with Gasteiger partial charge in [-0.15, -0.1) is 0 Å². The van der Waals surface area contributed by atoms with Gasteiger partial charge in [-0.1, -0.05) is 45.9 Å². The van der Waals surface area contributed by atoms with Crippen molar-refractivity contribution in [2.75, 3.05) is 0 Å². The van der Waals surface area contributed by atoms with E-state index in [9.17, 15) is 4.79 Å². The second-order valence-corrected chi connectivity index (χ2v) is 3.44. The highest BCUT2D eigenvalue weighted by atomic mass is 16.1. The fourth-order valence-corrected chi connectivity index (χ4v) is 1.17. The highest BCUT2D eigenvalue weighted by Crippen LogP contribution is 2.06. The molecule has 0 aliphatic rings. The zero-order valence-corrected chi connectivity index (χ0v) is 12.3. The molecule has 17 heavy (non-hydrogen) atoms. The molecule has 0 aliphatic heterocycles. The molecule has 1 aromatic rings. The first-order chi connectivity index (χ1) is 8.11. The highest BCUT2D eigenvalue weighted by Gasteiger charge is 2.07. The lowest BCUT2D eigenvalue weighted by molar-refractivity contribution is 0.0942. The molecular formula is C15H27NO. The van der Waals surface area contributed by atoms with Gasteiger partial charge in [0.05, 0.1) is 0 Å². The second kappa shape index (κ2) is 11.2. The summed E-state index contributed by atoms with van der Waals surface area (Å²) in [6.07, 6.45) is 0. The summed E-state index contributed by atoms with van der Waals surface area (Å²) in [6, 6.07) is 7.78. The number of carbonyl (C=O) groups is 1. The Morgan fingerprint density at radius 2 is 1.53 bits per heavy atom. The van der Waals surface area contributed by atoms with Crippen LogP contribution in [0.25, 0.3) is 0 Å². The zero-order chi connectivity index (χ0) is 13.8. The van der Waals surface area contributed by atoms with Gasteiger partial charge >= 0.3 is 0 Å². The summed E-state index contributed by atoms with van der Waals surface area (Å²) in [4.78, 5) is 11.6. The maximum atomic E-state index is 11.6. The van der Waals surface area contributed by atoms with Crippen molar-refractivity contribution in [2.24, 2.45) is 0 Å². The smallest absolute Gasteiger partial charge is 0.251 e. The van der Waals surface area contributed by atoms with Crippen molar-refractivity contribution in [2.45, 2.75) is 54.5 Å². The molecular weight excluding hydrogens is 210 g/mol. The average molecular weight is 237 g/mol. The van der Waals surface area contributed by atoms with Crippen molar-refractivity contribution < 1.29 is 4.79 Å². The van der Waals surface area contributed by atoms with Crippen molar-refractivity contribution in [3.05, 3.63) is 35.4 Å². The van der Waals surface area contributed by atoms with Crippen LogP contribution in [0, 0.1) is 6.92 Å². The van der Waals surface area contributed by atoms with Crippen LogP contribution in [0.15, 0.2) is 24.3 Å². The SMILES string of the molecule is CC.CC.Cc1ccccc1C(=O)NC(C)C. The number of hydrogen-bond acceptors (Lipinski definition) is 1. The maximum Gasteiger partial charge on any atom is 0.251 e. The summed E-state index contributed by atoms with van der Waals surface area (Å²) < 4.78 is 0. The van der Waals surface area contributed by atoms with Crippen LogP contribution in [-0.4, -0.2) is 11.9 Å². The van der Waals surface area contributed by atoms with E-state index in [0.29, 0.717) is 0 Å². The van der Waals surface area contributed by atoms with Gasteiger partial charge in [0.15, 0.2) is 0 Å². The fraction of sp³-hybridized carbons (Fsp3) is 0.533. The molecule has 2 nitrogen and oxygen atoms in total. The van der Waals surface area contributed by atoms with Crippen molar-refractivity contribution in [1.29, 1.82) is 0 Å². The summed E-state index contributed by atoms with van der Waals surface area (Å²) in [5.41, 5.74) is 1.77. The van der Waals surface area contributed by atoms with E-state index in [1.165, 1.54) is 0 Å². The van der Waals surface area contributed by atoms with Crippen LogP contribution >= 0.6 is 0 Å². The van der Waals surface area contributed by atoms with Gasteiger partial charge in [0.2, 0.25) is 0 Å². The summed E-state index contributed by atoms with van der Waals surface area (Å²) in [5.74, 6) is 0.00750. The minimum atomic E-state index is 0.00750. The highest BCUT2D eigenvalue weighted by molar-refractivity contribution is 5.95. The number of benzene rings is 1. The summed E-state index contributed by atoms with van der Waals surface area (Å²) in [7, 11) is 0. The predicted molar refractivity (Wildman–Crippen MR) is 76.5 cm³/mol. The molecule has 0 unspecified atom stereocenters. The fourth-order valence-electron chi connectivity index (χ4n) is 1.17. The lowest BCUT2D eigenvalue weighted by atomic mass is 10.1. The van der Waals surface area contributed by atoms with Crippen molar-refractivity contribution in [3.63, 3.8) is 0 Å². The van der Waals surface area contributed by atoms with E-state index in [4.69, 9.17) is 0 Å². The van der Waals surface area contributed by atoms with Gasteiger partial charge in [0.1, 0.15) is 0 Å². The van der Waals surface area contributed by atoms with E-state index in [1.54, 1.807) is 0 Å². The van der Waals surface area contributed by atoms with Crippen LogP contribution in [0.5, 0.6) is 0 Å². The Morgan fingerprint density at radius 1 is 1.06 bits per heavy atom. The Balaban J connectivity index is 0. The maximum absolute atomic E-state index is 11.6.